The Morgan fingerprint density at radius 3 is 2.30 bits per heavy atom. The van der Waals surface area contributed by atoms with Crippen LogP contribution in [-0.2, 0) is 9.47 Å². The van der Waals surface area contributed by atoms with E-state index in [1.807, 2.05) is 6.92 Å². The summed E-state index contributed by atoms with van der Waals surface area (Å²) in [4.78, 5) is 0. The van der Waals surface area contributed by atoms with Gasteiger partial charge in [-0.05, 0) is 13.8 Å². The summed E-state index contributed by atoms with van der Waals surface area (Å²) >= 11 is 0. The van der Waals surface area contributed by atoms with Gasteiger partial charge in [-0.25, -0.2) is 0 Å². The maximum absolute atomic E-state index is 8.80. The lowest BCUT2D eigenvalue weighted by Gasteiger charge is -2.12. The van der Waals surface area contributed by atoms with Gasteiger partial charge in [-0.1, -0.05) is 0 Å². The van der Waals surface area contributed by atoms with Gasteiger partial charge in [-0.15, -0.1) is 0 Å². The van der Waals surface area contributed by atoms with E-state index in [-0.39, 0.29) is 12.2 Å². The van der Waals surface area contributed by atoms with Gasteiger partial charge in [0.25, 0.3) is 0 Å². The predicted octanol–water partition coefficient (Wildman–Crippen LogP) is 0.419. The highest BCUT2D eigenvalue weighted by molar-refractivity contribution is 4.48. The fourth-order valence-corrected chi connectivity index (χ4v) is 0.586. The molecule has 10 heavy (non-hydrogen) atoms. The minimum atomic E-state index is -0.390. The molecule has 0 aliphatic rings. The first-order chi connectivity index (χ1) is 4.66. The van der Waals surface area contributed by atoms with E-state index in [0.717, 1.165) is 0 Å². The molecule has 0 saturated heterocycles. The Balaban J connectivity index is 3.12. The highest BCUT2D eigenvalue weighted by atomic mass is 16.5. The molecule has 3 heteroatoms. The summed E-state index contributed by atoms with van der Waals surface area (Å²) in [6, 6.07) is 0. The number of aliphatic hydroxyl groups is 1. The van der Waals surface area contributed by atoms with E-state index in [2.05, 4.69) is 0 Å². The second-order valence-corrected chi connectivity index (χ2v) is 2.45. The molecule has 0 aliphatic heterocycles. The summed E-state index contributed by atoms with van der Waals surface area (Å²) in [6.45, 7) is 4.56. The Bertz CT molecular complexity index is 73.3. The first kappa shape index (κ1) is 9.88. The molecule has 0 radical (unpaired) electrons. The lowest BCUT2D eigenvalue weighted by Crippen LogP contribution is -2.20. The summed E-state index contributed by atoms with van der Waals surface area (Å²) in [5, 5.41) is 8.80. The fourth-order valence-electron chi connectivity index (χ4n) is 0.586. The largest absolute Gasteiger partial charge is 0.391 e. The van der Waals surface area contributed by atoms with Crippen molar-refractivity contribution in [3.05, 3.63) is 0 Å². The molecule has 0 saturated carbocycles. The number of aliphatic hydroxyl groups excluding tert-OH is 1. The molecule has 0 rings (SSSR count). The van der Waals surface area contributed by atoms with Crippen LogP contribution in [0, 0.1) is 0 Å². The summed E-state index contributed by atoms with van der Waals surface area (Å²) in [5.41, 5.74) is 0. The third-order valence-corrected chi connectivity index (χ3v) is 1.02. The van der Waals surface area contributed by atoms with Crippen molar-refractivity contribution in [2.45, 2.75) is 26.1 Å². The molecular formula is C7H16O3. The normalized spacial score (nSPS) is 16.8. The molecule has 1 unspecified atom stereocenters. The molecule has 2 atom stereocenters. The van der Waals surface area contributed by atoms with Gasteiger partial charge in [0.05, 0.1) is 25.4 Å². The van der Waals surface area contributed by atoms with Gasteiger partial charge in [-0.2, -0.15) is 0 Å². The molecule has 0 aliphatic carbocycles. The number of rotatable bonds is 5. The van der Waals surface area contributed by atoms with Gasteiger partial charge in [0.2, 0.25) is 0 Å². The topological polar surface area (TPSA) is 38.7 Å². The minimum Gasteiger partial charge on any atom is -0.391 e. The molecule has 0 bridgehead atoms. The minimum absolute atomic E-state index is 0.0691. The Morgan fingerprint density at radius 1 is 1.30 bits per heavy atom. The molecule has 0 aromatic carbocycles. The van der Waals surface area contributed by atoms with E-state index in [9.17, 15) is 0 Å². The molecule has 3 nitrogen and oxygen atoms in total. The van der Waals surface area contributed by atoms with Crippen LogP contribution >= 0.6 is 0 Å². The number of hydrogen-bond acceptors (Lipinski definition) is 3. The quantitative estimate of drug-likeness (QED) is 0.614. The van der Waals surface area contributed by atoms with Crippen molar-refractivity contribution < 1.29 is 14.6 Å². The summed E-state index contributed by atoms with van der Waals surface area (Å²) < 4.78 is 10.00. The van der Waals surface area contributed by atoms with Crippen molar-refractivity contribution in [3.63, 3.8) is 0 Å². The average molecular weight is 148 g/mol. The van der Waals surface area contributed by atoms with Crippen molar-refractivity contribution in [2.75, 3.05) is 20.3 Å². The van der Waals surface area contributed by atoms with Crippen LogP contribution in [0.2, 0.25) is 0 Å². The predicted molar refractivity (Wildman–Crippen MR) is 39.0 cm³/mol. The fraction of sp³-hybridized carbons (Fsp3) is 1.00. The zero-order chi connectivity index (χ0) is 7.98. The molecule has 0 aromatic rings. The van der Waals surface area contributed by atoms with Crippen LogP contribution in [0.1, 0.15) is 13.8 Å². The van der Waals surface area contributed by atoms with Crippen LogP contribution in [0.5, 0.6) is 0 Å². The van der Waals surface area contributed by atoms with Crippen molar-refractivity contribution >= 4 is 0 Å². The lowest BCUT2D eigenvalue weighted by atomic mass is 10.4. The van der Waals surface area contributed by atoms with Gasteiger partial charge >= 0.3 is 0 Å². The Labute approximate surface area is 62.0 Å². The van der Waals surface area contributed by atoms with E-state index in [0.29, 0.717) is 13.2 Å². The van der Waals surface area contributed by atoms with E-state index >= 15 is 0 Å². The molecule has 62 valence electrons. The second-order valence-electron chi connectivity index (χ2n) is 2.45. The standard InChI is InChI=1S/C7H16O3/c1-6(8)4-10-7(2)5-9-3/h6-8H,4-5H2,1-3H3/t6?,7-/m0/s1. The second kappa shape index (κ2) is 5.65. The third kappa shape index (κ3) is 6.01. The average Bonchev–Trinajstić information content (AvgIpc) is 1.85. The maximum atomic E-state index is 8.80. The first-order valence-corrected chi connectivity index (χ1v) is 3.45. The Kier molecular flexibility index (Phi) is 5.58. The third-order valence-electron chi connectivity index (χ3n) is 1.02. The van der Waals surface area contributed by atoms with Gasteiger partial charge in [0.15, 0.2) is 0 Å². The number of hydrogen-bond donors (Lipinski definition) is 1. The molecule has 0 spiro atoms. The number of methoxy groups -OCH3 is 1. The zero-order valence-corrected chi connectivity index (χ0v) is 6.83. The van der Waals surface area contributed by atoms with Crippen molar-refractivity contribution in [1.82, 2.24) is 0 Å². The van der Waals surface area contributed by atoms with E-state index in [4.69, 9.17) is 14.6 Å². The van der Waals surface area contributed by atoms with Gasteiger partial charge in [0, 0.05) is 7.11 Å². The summed E-state index contributed by atoms with van der Waals surface area (Å²) in [6.07, 6.45) is -0.320. The van der Waals surface area contributed by atoms with E-state index < -0.39 is 0 Å². The highest BCUT2D eigenvalue weighted by Gasteiger charge is 2.02. The molecule has 1 N–H and O–H groups in total. The Hall–Kier alpha value is -0.120. The first-order valence-electron chi connectivity index (χ1n) is 3.45. The smallest absolute Gasteiger partial charge is 0.0781 e. The molecule has 0 aromatic heterocycles. The van der Waals surface area contributed by atoms with E-state index in [1.54, 1.807) is 14.0 Å². The van der Waals surface area contributed by atoms with Crippen LogP contribution in [0.15, 0.2) is 0 Å². The van der Waals surface area contributed by atoms with Crippen molar-refractivity contribution in [2.24, 2.45) is 0 Å². The Morgan fingerprint density at radius 2 is 1.90 bits per heavy atom. The summed E-state index contributed by atoms with van der Waals surface area (Å²) in [7, 11) is 1.63. The van der Waals surface area contributed by atoms with Crippen LogP contribution in [0.4, 0.5) is 0 Å². The monoisotopic (exact) mass is 148 g/mol. The highest BCUT2D eigenvalue weighted by Crippen LogP contribution is 1.92. The molecule has 0 heterocycles. The van der Waals surface area contributed by atoms with Crippen LogP contribution in [0.25, 0.3) is 0 Å². The lowest BCUT2D eigenvalue weighted by molar-refractivity contribution is -0.0268. The SMILES string of the molecule is COC[C@H](C)OCC(C)O. The zero-order valence-electron chi connectivity index (χ0n) is 6.83. The number of ether oxygens (including phenoxy) is 2. The van der Waals surface area contributed by atoms with Crippen LogP contribution in [0.3, 0.4) is 0 Å². The molecule has 0 amide bonds. The van der Waals surface area contributed by atoms with Gasteiger partial charge in [-0.3, -0.25) is 0 Å². The van der Waals surface area contributed by atoms with Gasteiger partial charge < -0.3 is 14.6 Å². The molecular weight excluding hydrogens is 132 g/mol. The maximum Gasteiger partial charge on any atom is 0.0781 e. The van der Waals surface area contributed by atoms with Gasteiger partial charge in [0.1, 0.15) is 0 Å². The summed E-state index contributed by atoms with van der Waals surface area (Å²) in [5.74, 6) is 0. The van der Waals surface area contributed by atoms with Crippen LogP contribution in [-0.4, -0.2) is 37.6 Å². The molecule has 0 fully saturated rings. The van der Waals surface area contributed by atoms with E-state index in [1.165, 1.54) is 0 Å². The van der Waals surface area contributed by atoms with Crippen molar-refractivity contribution in [1.29, 1.82) is 0 Å². The van der Waals surface area contributed by atoms with Crippen LogP contribution < -0.4 is 0 Å². The van der Waals surface area contributed by atoms with Crippen molar-refractivity contribution in [3.8, 4) is 0 Å².